The molecule has 0 radical (unpaired) electrons. The molecule has 5 rings (SSSR count). The lowest BCUT2D eigenvalue weighted by Gasteiger charge is -2.43. The molecule has 1 amide bonds. The van der Waals surface area contributed by atoms with Crippen LogP contribution in [-0.4, -0.2) is 21.7 Å². The van der Waals surface area contributed by atoms with E-state index in [1.165, 1.54) is 43.5 Å². The highest BCUT2D eigenvalue weighted by atomic mass is 19.1. The molecule has 2 aromatic rings. The molecule has 1 aromatic carbocycles. The fourth-order valence-corrected chi connectivity index (χ4v) is 6.79. The number of amides is 1. The minimum Gasteiger partial charge on any atom is -0.347 e. The summed E-state index contributed by atoms with van der Waals surface area (Å²) in [5.41, 5.74) is 4.24. The SMILES string of the molecule is CC12CCC(C1)C(C)(C)C2NC(=O)c1nn(Cc2ccc(F)cc2)c2c1CCCCC2. The van der Waals surface area contributed by atoms with E-state index >= 15 is 0 Å². The second kappa shape index (κ2) is 7.46. The van der Waals surface area contributed by atoms with Gasteiger partial charge in [0, 0.05) is 17.3 Å². The van der Waals surface area contributed by atoms with Crippen molar-refractivity contribution in [2.24, 2.45) is 16.7 Å². The summed E-state index contributed by atoms with van der Waals surface area (Å²) >= 11 is 0. The van der Waals surface area contributed by atoms with E-state index in [0.717, 1.165) is 36.8 Å². The van der Waals surface area contributed by atoms with Crippen LogP contribution in [0.15, 0.2) is 24.3 Å². The molecular formula is C26H34FN3O. The largest absolute Gasteiger partial charge is 0.347 e. The van der Waals surface area contributed by atoms with Crippen molar-refractivity contribution < 1.29 is 9.18 Å². The van der Waals surface area contributed by atoms with Crippen molar-refractivity contribution in [2.75, 3.05) is 0 Å². The van der Waals surface area contributed by atoms with Crippen LogP contribution in [0.4, 0.5) is 4.39 Å². The molecule has 3 atom stereocenters. The number of hydrogen-bond acceptors (Lipinski definition) is 2. The van der Waals surface area contributed by atoms with Gasteiger partial charge >= 0.3 is 0 Å². The molecule has 2 saturated carbocycles. The maximum absolute atomic E-state index is 13.6. The van der Waals surface area contributed by atoms with Crippen LogP contribution in [0.3, 0.4) is 0 Å². The van der Waals surface area contributed by atoms with Crippen molar-refractivity contribution in [1.29, 1.82) is 0 Å². The van der Waals surface area contributed by atoms with Gasteiger partial charge in [-0.3, -0.25) is 9.48 Å². The predicted octanol–water partition coefficient (Wildman–Crippen LogP) is 5.28. The molecule has 5 heteroatoms. The second-order valence-electron chi connectivity index (χ2n) is 10.9. The molecule has 166 valence electrons. The van der Waals surface area contributed by atoms with Crippen molar-refractivity contribution in [2.45, 2.75) is 84.7 Å². The Labute approximate surface area is 184 Å². The van der Waals surface area contributed by atoms with Gasteiger partial charge < -0.3 is 5.32 Å². The lowest BCUT2D eigenvalue weighted by Crippen LogP contribution is -2.52. The van der Waals surface area contributed by atoms with E-state index in [9.17, 15) is 9.18 Å². The number of carbonyl (C=O) groups is 1. The average Bonchev–Trinajstić information content (AvgIpc) is 3.26. The fourth-order valence-electron chi connectivity index (χ4n) is 6.79. The highest BCUT2D eigenvalue weighted by Crippen LogP contribution is 2.62. The minimum absolute atomic E-state index is 0.0112. The van der Waals surface area contributed by atoms with Gasteiger partial charge in [-0.2, -0.15) is 5.10 Å². The summed E-state index contributed by atoms with van der Waals surface area (Å²) in [4.78, 5) is 13.6. The van der Waals surface area contributed by atoms with Crippen molar-refractivity contribution in [3.63, 3.8) is 0 Å². The van der Waals surface area contributed by atoms with Crippen molar-refractivity contribution in [3.8, 4) is 0 Å². The molecule has 1 heterocycles. The molecule has 1 aromatic heterocycles. The molecular weight excluding hydrogens is 389 g/mol. The van der Waals surface area contributed by atoms with Gasteiger partial charge in [-0.25, -0.2) is 4.39 Å². The zero-order valence-corrected chi connectivity index (χ0v) is 19.0. The molecule has 0 saturated heterocycles. The molecule has 3 aliphatic rings. The number of aromatic nitrogens is 2. The molecule has 3 unspecified atom stereocenters. The Bertz CT molecular complexity index is 988. The summed E-state index contributed by atoms with van der Waals surface area (Å²) in [6.45, 7) is 7.56. The second-order valence-corrected chi connectivity index (χ2v) is 10.9. The number of nitrogens with zero attached hydrogens (tertiary/aromatic N) is 2. The van der Waals surface area contributed by atoms with Gasteiger partial charge in [-0.1, -0.05) is 39.3 Å². The Morgan fingerprint density at radius 3 is 2.61 bits per heavy atom. The van der Waals surface area contributed by atoms with Crippen molar-refractivity contribution >= 4 is 5.91 Å². The summed E-state index contributed by atoms with van der Waals surface area (Å²) in [5, 5.41) is 8.28. The molecule has 0 spiro atoms. The first kappa shape index (κ1) is 20.7. The van der Waals surface area contributed by atoms with E-state index in [-0.39, 0.29) is 28.6 Å². The van der Waals surface area contributed by atoms with Gasteiger partial charge in [0.25, 0.3) is 5.91 Å². The Morgan fingerprint density at radius 1 is 1.16 bits per heavy atom. The monoisotopic (exact) mass is 423 g/mol. The van der Waals surface area contributed by atoms with E-state index in [4.69, 9.17) is 5.10 Å². The van der Waals surface area contributed by atoms with Crippen LogP contribution in [0.25, 0.3) is 0 Å². The van der Waals surface area contributed by atoms with Gasteiger partial charge in [0.1, 0.15) is 5.82 Å². The summed E-state index contributed by atoms with van der Waals surface area (Å²) < 4.78 is 15.3. The highest BCUT2D eigenvalue weighted by molar-refractivity contribution is 5.94. The third-order valence-electron chi connectivity index (χ3n) is 8.51. The van der Waals surface area contributed by atoms with Crippen LogP contribution in [0.1, 0.15) is 86.6 Å². The summed E-state index contributed by atoms with van der Waals surface area (Å²) in [6.07, 6.45) is 8.95. The highest BCUT2D eigenvalue weighted by Gasteiger charge is 2.59. The molecule has 0 aliphatic heterocycles. The van der Waals surface area contributed by atoms with E-state index in [2.05, 4.69) is 26.1 Å². The Kier molecular flexibility index (Phi) is 4.98. The number of nitrogens with one attached hydrogen (secondary N) is 1. The summed E-state index contributed by atoms with van der Waals surface area (Å²) in [6, 6.07) is 6.78. The topological polar surface area (TPSA) is 46.9 Å². The zero-order valence-electron chi connectivity index (χ0n) is 19.0. The number of carbonyl (C=O) groups excluding carboxylic acids is 1. The van der Waals surface area contributed by atoms with Crippen LogP contribution in [0.5, 0.6) is 0 Å². The minimum atomic E-state index is -0.231. The molecule has 1 N–H and O–H groups in total. The third kappa shape index (κ3) is 3.50. The van der Waals surface area contributed by atoms with Gasteiger partial charge in [-0.15, -0.1) is 0 Å². The van der Waals surface area contributed by atoms with E-state index in [1.807, 2.05) is 4.68 Å². The first-order chi connectivity index (χ1) is 14.8. The quantitative estimate of drug-likeness (QED) is 0.680. The average molecular weight is 424 g/mol. The van der Waals surface area contributed by atoms with Gasteiger partial charge in [0.15, 0.2) is 5.69 Å². The molecule has 4 nitrogen and oxygen atoms in total. The first-order valence-electron chi connectivity index (χ1n) is 11.9. The van der Waals surface area contributed by atoms with Gasteiger partial charge in [0.05, 0.1) is 6.54 Å². The number of benzene rings is 1. The molecule has 2 fully saturated rings. The van der Waals surface area contributed by atoms with Gasteiger partial charge in [0.2, 0.25) is 0 Å². The third-order valence-corrected chi connectivity index (χ3v) is 8.51. The lowest BCUT2D eigenvalue weighted by atomic mass is 9.68. The van der Waals surface area contributed by atoms with Crippen molar-refractivity contribution in [3.05, 3.63) is 52.6 Å². The Hall–Kier alpha value is -2.17. The summed E-state index contributed by atoms with van der Waals surface area (Å²) in [5.74, 6) is 0.448. The number of rotatable bonds is 4. The van der Waals surface area contributed by atoms with Crippen LogP contribution in [-0.2, 0) is 19.4 Å². The van der Waals surface area contributed by atoms with Crippen molar-refractivity contribution in [1.82, 2.24) is 15.1 Å². The molecule has 31 heavy (non-hydrogen) atoms. The van der Waals surface area contributed by atoms with E-state index in [1.54, 1.807) is 12.1 Å². The van der Waals surface area contributed by atoms with Gasteiger partial charge in [-0.05, 0) is 79.4 Å². The van der Waals surface area contributed by atoms with Crippen LogP contribution in [0, 0.1) is 22.6 Å². The predicted molar refractivity (Wildman–Crippen MR) is 119 cm³/mol. The zero-order chi connectivity index (χ0) is 21.8. The normalized spacial score (nSPS) is 28.9. The lowest BCUT2D eigenvalue weighted by molar-refractivity contribution is 0.0731. The number of halogens is 1. The number of fused-ring (bicyclic) bond motifs is 3. The maximum atomic E-state index is 13.6. The van der Waals surface area contributed by atoms with Crippen LogP contribution in [0.2, 0.25) is 0 Å². The van der Waals surface area contributed by atoms with Crippen LogP contribution >= 0.6 is 0 Å². The Balaban J connectivity index is 1.45. The summed E-state index contributed by atoms with van der Waals surface area (Å²) in [7, 11) is 0. The first-order valence-corrected chi connectivity index (χ1v) is 11.9. The maximum Gasteiger partial charge on any atom is 0.272 e. The standard InChI is InChI=1S/C26H34FN3O/c1-25(2)18-13-14-26(3,15-18)24(25)28-23(31)22-20-7-5-4-6-8-21(20)30(29-22)16-17-9-11-19(27)12-10-17/h9-12,18,24H,4-8,13-16H2,1-3H3,(H,28,31). The molecule has 2 bridgehead atoms. The van der Waals surface area contributed by atoms with E-state index < -0.39 is 0 Å². The smallest absolute Gasteiger partial charge is 0.272 e. The Morgan fingerprint density at radius 2 is 1.90 bits per heavy atom. The fraction of sp³-hybridized carbons (Fsp3) is 0.615. The number of hydrogen-bond donors (Lipinski definition) is 1. The van der Waals surface area contributed by atoms with Crippen LogP contribution < -0.4 is 5.32 Å². The molecule has 3 aliphatic carbocycles. The van der Waals surface area contributed by atoms with E-state index in [0.29, 0.717) is 18.2 Å².